The molecule has 1 aliphatic carbocycles. The summed E-state index contributed by atoms with van der Waals surface area (Å²) in [4.78, 5) is 2.60. The fraction of sp³-hybridized carbons (Fsp3) is 1.00. The monoisotopic (exact) mass is 268 g/mol. The van der Waals surface area contributed by atoms with Gasteiger partial charge >= 0.3 is 0 Å². The molecule has 0 amide bonds. The van der Waals surface area contributed by atoms with E-state index >= 15 is 0 Å². The smallest absolute Gasteiger partial charge is 0.0135 e. The van der Waals surface area contributed by atoms with E-state index in [-0.39, 0.29) is 0 Å². The molecule has 2 heteroatoms. The van der Waals surface area contributed by atoms with Gasteiger partial charge < -0.3 is 10.6 Å². The highest BCUT2D eigenvalue weighted by atomic mass is 15.1. The molecule has 0 aromatic heterocycles. The maximum Gasteiger partial charge on any atom is 0.0135 e. The maximum absolute atomic E-state index is 6.02. The Labute approximate surface area is 121 Å². The average molecular weight is 268 g/mol. The number of nitrogens with two attached hydrogens (primary N) is 1. The van der Waals surface area contributed by atoms with Crippen molar-refractivity contribution in [3.05, 3.63) is 0 Å². The highest BCUT2D eigenvalue weighted by Gasteiger charge is 2.37. The standard InChI is InChI=1S/C17H36N2/c1-6-8-11-19(5)16-12-15(17(3,4)7-2)10-9-14(16)13-18/h14-16H,6-13,18H2,1-5H3. The van der Waals surface area contributed by atoms with Crippen LogP contribution in [0.2, 0.25) is 0 Å². The lowest BCUT2D eigenvalue weighted by Gasteiger charge is -2.46. The van der Waals surface area contributed by atoms with E-state index in [1.807, 2.05) is 0 Å². The molecular formula is C17H36N2. The minimum atomic E-state index is 0.489. The summed E-state index contributed by atoms with van der Waals surface area (Å²) < 4.78 is 0. The predicted molar refractivity (Wildman–Crippen MR) is 85.3 cm³/mol. The summed E-state index contributed by atoms with van der Waals surface area (Å²) in [6, 6.07) is 0.709. The van der Waals surface area contributed by atoms with E-state index in [0.717, 1.165) is 12.5 Å². The Morgan fingerprint density at radius 3 is 2.42 bits per heavy atom. The van der Waals surface area contributed by atoms with E-state index in [4.69, 9.17) is 5.73 Å². The highest BCUT2D eigenvalue weighted by Crippen LogP contribution is 2.43. The number of rotatable bonds is 7. The molecule has 0 saturated heterocycles. The SMILES string of the molecule is CCCCN(C)C1CC(C(C)(C)CC)CCC1CN. The van der Waals surface area contributed by atoms with Crippen LogP contribution in [-0.4, -0.2) is 31.1 Å². The van der Waals surface area contributed by atoms with Crippen molar-refractivity contribution >= 4 is 0 Å². The van der Waals surface area contributed by atoms with Crippen molar-refractivity contribution in [3.8, 4) is 0 Å². The Kier molecular flexibility index (Phi) is 6.82. The summed E-state index contributed by atoms with van der Waals surface area (Å²) in [5, 5.41) is 0. The minimum Gasteiger partial charge on any atom is -0.330 e. The van der Waals surface area contributed by atoms with Gasteiger partial charge in [0.05, 0.1) is 0 Å². The minimum absolute atomic E-state index is 0.489. The van der Waals surface area contributed by atoms with Crippen LogP contribution < -0.4 is 5.73 Å². The van der Waals surface area contributed by atoms with Crippen molar-refractivity contribution in [2.24, 2.45) is 23.0 Å². The van der Waals surface area contributed by atoms with E-state index in [1.54, 1.807) is 0 Å². The molecule has 0 heterocycles. The maximum atomic E-state index is 6.02. The largest absolute Gasteiger partial charge is 0.330 e. The fourth-order valence-electron chi connectivity index (χ4n) is 3.60. The van der Waals surface area contributed by atoms with Gasteiger partial charge in [0.25, 0.3) is 0 Å². The molecule has 0 bridgehead atoms. The predicted octanol–water partition coefficient (Wildman–Crippen LogP) is 3.90. The number of hydrogen-bond acceptors (Lipinski definition) is 2. The van der Waals surface area contributed by atoms with Crippen LogP contribution in [-0.2, 0) is 0 Å². The zero-order chi connectivity index (χ0) is 14.5. The molecule has 1 aliphatic rings. The van der Waals surface area contributed by atoms with Gasteiger partial charge in [-0.25, -0.2) is 0 Å². The number of nitrogens with zero attached hydrogens (tertiary/aromatic N) is 1. The summed E-state index contributed by atoms with van der Waals surface area (Å²) in [5.41, 5.74) is 6.51. The van der Waals surface area contributed by atoms with E-state index in [2.05, 4.69) is 39.6 Å². The van der Waals surface area contributed by atoms with E-state index in [0.29, 0.717) is 17.4 Å². The number of unbranched alkanes of at least 4 members (excludes halogenated alkanes) is 1. The van der Waals surface area contributed by atoms with Crippen molar-refractivity contribution in [2.75, 3.05) is 20.1 Å². The summed E-state index contributed by atoms with van der Waals surface area (Å²) in [7, 11) is 2.31. The van der Waals surface area contributed by atoms with E-state index < -0.39 is 0 Å². The fourth-order valence-corrected chi connectivity index (χ4v) is 3.60. The molecule has 0 aliphatic heterocycles. The highest BCUT2D eigenvalue weighted by molar-refractivity contribution is 4.91. The first-order valence-corrected chi connectivity index (χ1v) is 8.36. The summed E-state index contributed by atoms with van der Waals surface area (Å²) in [5.74, 6) is 1.58. The Balaban J connectivity index is 2.68. The van der Waals surface area contributed by atoms with Crippen LogP contribution in [0, 0.1) is 17.3 Å². The normalized spacial score (nSPS) is 28.9. The molecule has 2 nitrogen and oxygen atoms in total. The molecule has 2 N–H and O–H groups in total. The summed E-state index contributed by atoms with van der Waals surface area (Å²) in [6.07, 6.45) is 7.94. The van der Waals surface area contributed by atoms with Gasteiger partial charge in [-0.15, -0.1) is 0 Å². The zero-order valence-corrected chi connectivity index (χ0v) is 13.9. The zero-order valence-electron chi connectivity index (χ0n) is 13.9. The first kappa shape index (κ1) is 17.0. The van der Waals surface area contributed by atoms with Crippen molar-refractivity contribution < 1.29 is 0 Å². The van der Waals surface area contributed by atoms with Crippen molar-refractivity contribution in [2.45, 2.75) is 72.3 Å². The van der Waals surface area contributed by atoms with Crippen LogP contribution in [0.25, 0.3) is 0 Å². The van der Waals surface area contributed by atoms with Gasteiger partial charge in [0, 0.05) is 6.04 Å². The molecule has 1 rings (SSSR count). The van der Waals surface area contributed by atoms with E-state index in [9.17, 15) is 0 Å². The van der Waals surface area contributed by atoms with Crippen LogP contribution in [0.4, 0.5) is 0 Å². The molecule has 0 radical (unpaired) electrons. The van der Waals surface area contributed by atoms with Crippen LogP contribution in [0.3, 0.4) is 0 Å². The molecule has 1 fully saturated rings. The second-order valence-electron chi connectivity index (χ2n) is 7.25. The van der Waals surface area contributed by atoms with Gasteiger partial charge in [0.2, 0.25) is 0 Å². The van der Waals surface area contributed by atoms with E-state index in [1.165, 1.54) is 45.1 Å². The lowest BCUT2D eigenvalue weighted by atomic mass is 9.65. The molecule has 19 heavy (non-hydrogen) atoms. The van der Waals surface area contributed by atoms with Gasteiger partial charge in [0.15, 0.2) is 0 Å². The van der Waals surface area contributed by atoms with Gasteiger partial charge in [-0.1, -0.05) is 40.5 Å². The van der Waals surface area contributed by atoms with Crippen LogP contribution in [0.15, 0.2) is 0 Å². The Morgan fingerprint density at radius 2 is 1.89 bits per heavy atom. The molecule has 3 atom stereocenters. The first-order valence-electron chi connectivity index (χ1n) is 8.36. The third kappa shape index (κ3) is 4.46. The van der Waals surface area contributed by atoms with Gasteiger partial charge in [-0.3, -0.25) is 0 Å². The quantitative estimate of drug-likeness (QED) is 0.759. The van der Waals surface area contributed by atoms with Crippen LogP contribution in [0.5, 0.6) is 0 Å². The lowest BCUT2D eigenvalue weighted by Crippen LogP contribution is -2.47. The summed E-state index contributed by atoms with van der Waals surface area (Å²) in [6.45, 7) is 11.6. The van der Waals surface area contributed by atoms with Crippen molar-refractivity contribution in [3.63, 3.8) is 0 Å². The Bertz CT molecular complexity index is 250. The topological polar surface area (TPSA) is 29.3 Å². The molecule has 1 saturated carbocycles. The molecule has 3 unspecified atom stereocenters. The molecule has 0 aromatic rings. The molecule has 114 valence electrons. The average Bonchev–Trinajstić information content (AvgIpc) is 2.43. The number of hydrogen-bond donors (Lipinski definition) is 1. The molecule has 0 aromatic carbocycles. The van der Waals surface area contributed by atoms with Crippen LogP contribution >= 0.6 is 0 Å². The first-order chi connectivity index (χ1) is 8.96. The van der Waals surface area contributed by atoms with Gasteiger partial charge in [-0.2, -0.15) is 0 Å². The lowest BCUT2D eigenvalue weighted by molar-refractivity contribution is 0.0496. The van der Waals surface area contributed by atoms with Crippen LogP contribution in [0.1, 0.15) is 66.2 Å². The Morgan fingerprint density at radius 1 is 1.21 bits per heavy atom. The van der Waals surface area contributed by atoms with Gasteiger partial charge in [0.1, 0.15) is 0 Å². The molecule has 0 spiro atoms. The second kappa shape index (κ2) is 7.64. The summed E-state index contributed by atoms with van der Waals surface area (Å²) >= 11 is 0. The second-order valence-corrected chi connectivity index (χ2v) is 7.25. The van der Waals surface area contributed by atoms with Crippen molar-refractivity contribution in [1.82, 2.24) is 4.90 Å². The Hall–Kier alpha value is -0.0800. The third-order valence-electron chi connectivity index (χ3n) is 5.71. The van der Waals surface area contributed by atoms with Crippen molar-refractivity contribution in [1.29, 1.82) is 0 Å². The molecular weight excluding hydrogens is 232 g/mol. The third-order valence-corrected chi connectivity index (χ3v) is 5.71. The van der Waals surface area contributed by atoms with Gasteiger partial charge in [-0.05, 0) is 63.1 Å².